The number of unbranched alkanes of at least 4 members (excludes halogenated alkanes) is 6. The molecule has 0 fully saturated rings. The summed E-state index contributed by atoms with van der Waals surface area (Å²) in [4.78, 5) is 11.5. The largest absolute Gasteiger partial charge is 0.396 e. The standard InChI is InChI=1S/C17H34N2O2/c1-2-3-4-7-10-13-17(21)19-16-18-14-11-8-5-6-9-12-15-20/h3-4,18,20H,2,5-16H2,1H3,(H,19,21)/b4-3+. The first kappa shape index (κ1) is 20.1. The Morgan fingerprint density at radius 1 is 1.00 bits per heavy atom. The predicted octanol–water partition coefficient (Wildman–Crippen LogP) is 3.12. The van der Waals surface area contributed by atoms with Gasteiger partial charge in [-0.25, -0.2) is 0 Å². The van der Waals surface area contributed by atoms with E-state index in [4.69, 9.17) is 5.11 Å². The first-order chi connectivity index (χ1) is 10.3. The minimum atomic E-state index is 0.136. The van der Waals surface area contributed by atoms with Crippen LogP contribution in [0, 0.1) is 0 Å². The van der Waals surface area contributed by atoms with Gasteiger partial charge in [-0.3, -0.25) is 10.1 Å². The monoisotopic (exact) mass is 298 g/mol. The summed E-state index contributed by atoms with van der Waals surface area (Å²) in [6.07, 6.45) is 14.8. The molecule has 0 aromatic carbocycles. The molecule has 0 bridgehead atoms. The predicted molar refractivity (Wildman–Crippen MR) is 89.1 cm³/mol. The molecule has 0 aliphatic carbocycles. The van der Waals surface area contributed by atoms with Crippen LogP contribution in [0.2, 0.25) is 0 Å². The van der Waals surface area contributed by atoms with Crippen LogP contribution in [-0.4, -0.2) is 30.8 Å². The maximum atomic E-state index is 11.5. The molecule has 1 amide bonds. The minimum Gasteiger partial charge on any atom is -0.396 e. The molecular weight excluding hydrogens is 264 g/mol. The van der Waals surface area contributed by atoms with Gasteiger partial charge < -0.3 is 10.4 Å². The fourth-order valence-corrected chi connectivity index (χ4v) is 2.07. The molecule has 124 valence electrons. The van der Waals surface area contributed by atoms with E-state index < -0.39 is 0 Å². The van der Waals surface area contributed by atoms with Gasteiger partial charge in [0.1, 0.15) is 0 Å². The highest BCUT2D eigenvalue weighted by Crippen LogP contribution is 2.04. The molecule has 21 heavy (non-hydrogen) atoms. The third-order valence-electron chi connectivity index (χ3n) is 3.35. The third-order valence-corrected chi connectivity index (χ3v) is 3.35. The summed E-state index contributed by atoms with van der Waals surface area (Å²) in [6, 6.07) is 0. The van der Waals surface area contributed by atoms with Crippen LogP contribution < -0.4 is 10.6 Å². The quantitative estimate of drug-likeness (QED) is 0.247. The highest BCUT2D eigenvalue weighted by Gasteiger charge is 1.98. The van der Waals surface area contributed by atoms with E-state index >= 15 is 0 Å². The smallest absolute Gasteiger partial charge is 0.220 e. The Morgan fingerprint density at radius 2 is 1.71 bits per heavy atom. The SMILES string of the molecule is CC/C=C/CCCC(=O)NCNCCCCCCCCO. The van der Waals surface area contributed by atoms with E-state index in [9.17, 15) is 4.79 Å². The van der Waals surface area contributed by atoms with Crippen LogP contribution in [0.3, 0.4) is 0 Å². The van der Waals surface area contributed by atoms with Crippen LogP contribution in [0.4, 0.5) is 0 Å². The fraction of sp³-hybridized carbons (Fsp3) is 0.824. The lowest BCUT2D eigenvalue weighted by Gasteiger charge is -2.07. The van der Waals surface area contributed by atoms with Crippen molar-refractivity contribution in [3.63, 3.8) is 0 Å². The number of aliphatic hydroxyl groups is 1. The molecule has 0 aromatic rings. The number of nitrogens with one attached hydrogen (secondary N) is 2. The molecule has 0 spiro atoms. The van der Waals surface area contributed by atoms with E-state index in [1.807, 2.05) is 0 Å². The Bertz CT molecular complexity index is 255. The lowest BCUT2D eigenvalue weighted by Crippen LogP contribution is -2.34. The Labute approximate surface area is 130 Å². The zero-order chi connectivity index (χ0) is 15.6. The summed E-state index contributed by atoms with van der Waals surface area (Å²) in [7, 11) is 0. The number of hydrogen-bond acceptors (Lipinski definition) is 3. The molecular formula is C17H34N2O2. The maximum Gasteiger partial charge on any atom is 0.220 e. The third kappa shape index (κ3) is 17.1. The molecule has 0 rings (SSSR count). The maximum absolute atomic E-state index is 11.5. The van der Waals surface area contributed by atoms with Crippen molar-refractivity contribution in [2.45, 2.75) is 71.1 Å². The molecule has 0 aliphatic rings. The van der Waals surface area contributed by atoms with Gasteiger partial charge in [0.05, 0.1) is 6.67 Å². The summed E-state index contributed by atoms with van der Waals surface area (Å²) in [6.45, 7) is 3.97. The van der Waals surface area contributed by atoms with Crippen molar-refractivity contribution in [3.05, 3.63) is 12.2 Å². The van der Waals surface area contributed by atoms with Crippen LogP contribution in [0.25, 0.3) is 0 Å². The molecule has 0 unspecified atom stereocenters. The van der Waals surface area contributed by atoms with Crippen LogP contribution >= 0.6 is 0 Å². The van der Waals surface area contributed by atoms with Crippen molar-refractivity contribution in [2.75, 3.05) is 19.8 Å². The van der Waals surface area contributed by atoms with Gasteiger partial charge in [0, 0.05) is 13.0 Å². The molecule has 0 aromatic heterocycles. The second kappa shape index (κ2) is 17.2. The average Bonchev–Trinajstić information content (AvgIpc) is 2.49. The topological polar surface area (TPSA) is 61.4 Å². The van der Waals surface area contributed by atoms with Crippen LogP contribution in [0.5, 0.6) is 0 Å². The Morgan fingerprint density at radius 3 is 2.43 bits per heavy atom. The van der Waals surface area contributed by atoms with Crippen LogP contribution in [0.1, 0.15) is 71.1 Å². The molecule has 3 N–H and O–H groups in total. The average molecular weight is 298 g/mol. The minimum absolute atomic E-state index is 0.136. The molecule has 4 heteroatoms. The summed E-state index contributed by atoms with van der Waals surface area (Å²) < 4.78 is 0. The van der Waals surface area contributed by atoms with E-state index in [0.29, 0.717) is 19.7 Å². The number of rotatable bonds is 15. The lowest BCUT2D eigenvalue weighted by atomic mass is 10.1. The van der Waals surface area contributed by atoms with E-state index in [2.05, 4.69) is 29.7 Å². The molecule has 4 nitrogen and oxygen atoms in total. The summed E-state index contributed by atoms with van der Waals surface area (Å²) in [5, 5.41) is 14.8. The van der Waals surface area contributed by atoms with Crippen molar-refractivity contribution >= 4 is 5.91 Å². The van der Waals surface area contributed by atoms with Gasteiger partial charge in [-0.2, -0.15) is 0 Å². The van der Waals surface area contributed by atoms with E-state index in [-0.39, 0.29) is 5.91 Å². The number of allylic oxidation sites excluding steroid dienone is 2. The number of carbonyl (C=O) groups excluding carboxylic acids is 1. The first-order valence-corrected chi connectivity index (χ1v) is 8.54. The molecule has 0 radical (unpaired) electrons. The molecule has 0 saturated carbocycles. The van der Waals surface area contributed by atoms with E-state index in [0.717, 1.165) is 45.1 Å². The second-order valence-electron chi connectivity index (χ2n) is 5.39. The first-order valence-electron chi connectivity index (χ1n) is 8.54. The van der Waals surface area contributed by atoms with Crippen molar-refractivity contribution in [3.8, 4) is 0 Å². The van der Waals surface area contributed by atoms with Gasteiger partial charge in [-0.15, -0.1) is 0 Å². The highest BCUT2D eigenvalue weighted by molar-refractivity contribution is 5.75. The highest BCUT2D eigenvalue weighted by atomic mass is 16.2. The fourth-order valence-electron chi connectivity index (χ4n) is 2.07. The number of carbonyl (C=O) groups is 1. The van der Waals surface area contributed by atoms with Gasteiger partial charge in [-0.1, -0.05) is 44.8 Å². The van der Waals surface area contributed by atoms with Gasteiger partial charge in [0.15, 0.2) is 0 Å². The Hall–Kier alpha value is -0.870. The molecule has 0 saturated heterocycles. The van der Waals surface area contributed by atoms with E-state index in [1.54, 1.807) is 0 Å². The number of hydrogen-bond donors (Lipinski definition) is 3. The molecule has 0 aliphatic heterocycles. The Kier molecular flexibility index (Phi) is 16.5. The van der Waals surface area contributed by atoms with Crippen LogP contribution in [0.15, 0.2) is 12.2 Å². The van der Waals surface area contributed by atoms with Gasteiger partial charge in [-0.05, 0) is 38.6 Å². The Balaban J connectivity index is 3.16. The molecule has 0 atom stereocenters. The normalized spacial score (nSPS) is 11.1. The van der Waals surface area contributed by atoms with Gasteiger partial charge in [0.25, 0.3) is 0 Å². The summed E-state index contributed by atoms with van der Waals surface area (Å²) >= 11 is 0. The zero-order valence-corrected chi connectivity index (χ0v) is 13.7. The van der Waals surface area contributed by atoms with Crippen molar-refractivity contribution < 1.29 is 9.90 Å². The summed E-state index contributed by atoms with van der Waals surface area (Å²) in [5.41, 5.74) is 0. The van der Waals surface area contributed by atoms with Crippen molar-refractivity contribution in [2.24, 2.45) is 0 Å². The van der Waals surface area contributed by atoms with Crippen LogP contribution in [-0.2, 0) is 4.79 Å². The van der Waals surface area contributed by atoms with Crippen molar-refractivity contribution in [1.82, 2.24) is 10.6 Å². The van der Waals surface area contributed by atoms with E-state index in [1.165, 1.54) is 19.3 Å². The van der Waals surface area contributed by atoms with Crippen molar-refractivity contribution in [1.29, 1.82) is 0 Å². The number of aliphatic hydroxyl groups excluding tert-OH is 1. The molecule has 0 heterocycles. The summed E-state index contributed by atoms with van der Waals surface area (Å²) in [5.74, 6) is 0.136. The number of amides is 1. The zero-order valence-electron chi connectivity index (χ0n) is 13.7. The second-order valence-corrected chi connectivity index (χ2v) is 5.39. The lowest BCUT2D eigenvalue weighted by molar-refractivity contribution is -0.121. The van der Waals surface area contributed by atoms with Gasteiger partial charge in [0.2, 0.25) is 5.91 Å². The van der Waals surface area contributed by atoms with Gasteiger partial charge >= 0.3 is 0 Å².